The summed E-state index contributed by atoms with van der Waals surface area (Å²) in [5.74, 6) is 0.0239. The van der Waals surface area contributed by atoms with Crippen LogP contribution in [0.2, 0.25) is 0 Å². The third-order valence-corrected chi connectivity index (χ3v) is 1.52. The van der Waals surface area contributed by atoms with E-state index in [1.807, 2.05) is 6.92 Å². The van der Waals surface area contributed by atoms with E-state index in [9.17, 15) is 4.79 Å². The smallest absolute Gasteiger partial charge is 0.238 e. The first-order valence-electron chi connectivity index (χ1n) is 4.61. The van der Waals surface area contributed by atoms with Crippen LogP contribution in [0.5, 0.6) is 0 Å². The minimum Gasteiger partial charge on any atom is -0.330 e. The van der Waals surface area contributed by atoms with Gasteiger partial charge in [0.2, 0.25) is 5.91 Å². The predicted molar refractivity (Wildman–Crippen MR) is 53.9 cm³/mol. The van der Waals surface area contributed by atoms with Crippen molar-refractivity contribution < 1.29 is 4.79 Å². The lowest BCUT2D eigenvalue weighted by Gasteiger charge is -2.21. The third kappa shape index (κ3) is 5.38. The molecule has 0 spiro atoms. The van der Waals surface area contributed by atoms with Crippen LogP contribution in [-0.4, -0.2) is 30.6 Å². The van der Waals surface area contributed by atoms with Gasteiger partial charge >= 0.3 is 0 Å². The van der Waals surface area contributed by atoms with Gasteiger partial charge in [-0.05, 0) is 6.42 Å². The molecule has 0 aromatic rings. The zero-order valence-corrected chi connectivity index (χ0v) is 8.25. The molecule has 4 nitrogen and oxygen atoms in total. The Kier molecular flexibility index (Phi) is 7.24. The first-order valence-corrected chi connectivity index (χ1v) is 4.61. The summed E-state index contributed by atoms with van der Waals surface area (Å²) in [5.41, 5.74) is 8.30. The number of nitrogens with zero attached hydrogens (tertiary/aromatic N) is 1. The largest absolute Gasteiger partial charge is 0.330 e. The Morgan fingerprint density at radius 2 is 2.38 bits per heavy atom. The molecule has 0 atom stereocenters. The Morgan fingerprint density at radius 1 is 1.69 bits per heavy atom. The number of hydrogen-bond acceptors (Lipinski definition) is 3. The van der Waals surface area contributed by atoms with Gasteiger partial charge in [0.1, 0.15) is 0 Å². The zero-order valence-electron chi connectivity index (χ0n) is 8.25. The Hall–Kier alpha value is -0.870. The number of carbonyl (C=O) groups is 1. The molecule has 0 aliphatic rings. The summed E-state index contributed by atoms with van der Waals surface area (Å²) in [7, 11) is 0. The highest BCUT2D eigenvalue weighted by atomic mass is 16.2. The van der Waals surface area contributed by atoms with Gasteiger partial charge in [-0.1, -0.05) is 13.0 Å². The predicted octanol–water partition coefficient (Wildman–Crippen LogP) is 0.264. The summed E-state index contributed by atoms with van der Waals surface area (Å²) in [6.45, 7) is 7.35. The lowest BCUT2D eigenvalue weighted by molar-refractivity contribution is -0.133. The molecule has 1 amide bonds. The van der Waals surface area contributed by atoms with Crippen LogP contribution in [0.15, 0.2) is 12.7 Å². The van der Waals surface area contributed by atoms with Crippen molar-refractivity contribution in [2.45, 2.75) is 19.8 Å². The maximum absolute atomic E-state index is 11.4. The average molecular weight is 185 g/mol. The molecule has 0 radical (unpaired) electrons. The number of carbonyl (C=O) groups excluding carboxylic acids is 1. The van der Waals surface area contributed by atoms with E-state index < -0.39 is 0 Å². The Labute approximate surface area is 79.8 Å². The van der Waals surface area contributed by atoms with Crippen molar-refractivity contribution in [2.24, 2.45) is 5.73 Å². The molecule has 0 aliphatic carbocycles. The van der Waals surface area contributed by atoms with E-state index in [0.717, 1.165) is 13.0 Å². The Bertz CT molecular complexity index is 159. The Morgan fingerprint density at radius 3 is 2.85 bits per heavy atom. The number of nitrogens with one attached hydrogen (secondary N) is 1. The molecule has 0 aromatic carbocycles. The lowest BCUT2D eigenvalue weighted by atomic mass is 10.4. The lowest BCUT2D eigenvalue weighted by Crippen LogP contribution is -2.43. The van der Waals surface area contributed by atoms with Crippen molar-refractivity contribution in [1.82, 2.24) is 10.4 Å². The van der Waals surface area contributed by atoms with Crippen LogP contribution in [0.25, 0.3) is 0 Å². The second-order valence-corrected chi connectivity index (χ2v) is 2.74. The highest BCUT2D eigenvalue weighted by Crippen LogP contribution is 1.90. The minimum absolute atomic E-state index is 0.0239. The van der Waals surface area contributed by atoms with Crippen molar-refractivity contribution >= 4 is 5.91 Å². The molecule has 0 rings (SSSR count). The van der Waals surface area contributed by atoms with E-state index in [4.69, 9.17) is 5.73 Å². The fraction of sp³-hybridized carbons (Fsp3) is 0.667. The molecule has 3 N–H and O–H groups in total. The quantitative estimate of drug-likeness (QED) is 0.442. The molecular weight excluding hydrogens is 166 g/mol. The number of rotatable bonds is 7. The fourth-order valence-electron chi connectivity index (χ4n) is 0.889. The van der Waals surface area contributed by atoms with Crippen molar-refractivity contribution in [1.29, 1.82) is 0 Å². The van der Waals surface area contributed by atoms with Crippen molar-refractivity contribution in [3.05, 3.63) is 12.7 Å². The summed E-state index contributed by atoms with van der Waals surface area (Å²) in [5, 5.41) is 1.56. The van der Waals surface area contributed by atoms with Crippen molar-refractivity contribution in [3.63, 3.8) is 0 Å². The maximum Gasteiger partial charge on any atom is 0.238 e. The van der Waals surface area contributed by atoms with E-state index in [2.05, 4.69) is 12.0 Å². The van der Waals surface area contributed by atoms with Crippen LogP contribution in [-0.2, 0) is 4.79 Å². The molecule has 0 unspecified atom stereocenters. The second kappa shape index (κ2) is 7.76. The highest BCUT2D eigenvalue weighted by molar-refractivity contribution is 5.75. The number of hydrogen-bond donors (Lipinski definition) is 2. The van der Waals surface area contributed by atoms with Gasteiger partial charge in [0.05, 0.1) is 6.54 Å². The number of nitrogens with two attached hydrogens (primary N) is 1. The van der Waals surface area contributed by atoms with Gasteiger partial charge in [0.15, 0.2) is 0 Å². The molecule has 4 heteroatoms. The van der Waals surface area contributed by atoms with Crippen LogP contribution in [0.4, 0.5) is 0 Å². The van der Waals surface area contributed by atoms with E-state index in [1.54, 1.807) is 11.1 Å². The molecule has 0 bridgehead atoms. The van der Waals surface area contributed by atoms with E-state index in [-0.39, 0.29) is 5.91 Å². The normalized spacial score (nSPS) is 9.69. The molecule has 76 valence electrons. The number of hydrazine groups is 1. The third-order valence-electron chi connectivity index (χ3n) is 1.52. The summed E-state index contributed by atoms with van der Waals surface area (Å²) >= 11 is 0. The average Bonchev–Trinajstić information content (AvgIpc) is 2.12. The molecule has 0 fully saturated rings. The molecule has 13 heavy (non-hydrogen) atoms. The van der Waals surface area contributed by atoms with Gasteiger partial charge in [-0.15, -0.1) is 6.58 Å². The van der Waals surface area contributed by atoms with Crippen molar-refractivity contribution in [2.75, 3.05) is 19.6 Å². The van der Waals surface area contributed by atoms with Crippen LogP contribution in [0.3, 0.4) is 0 Å². The summed E-state index contributed by atoms with van der Waals surface area (Å²) < 4.78 is 0. The van der Waals surface area contributed by atoms with Gasteiger partial charge in [-0.2, -0.15) is 0 Å². The summed E-state index contributed by atoms with van der Waals surface area (Å²) in [4.78, 5) is 11.4. The summed E-state index contributed by atoms with van der Waals surface area (Å²) in [6, 6.07) is 0. The van der Waals surface area contributed by atoms with Gasteiger partial charge in [-0.25, -0.2) is 5.43 Å². The van der Waals surface area contributed by atoms with Gasteiger partial charge in [0.25, 0.3) is 0 Å². The van der Waals surface area contributed by atoms with Crippen LogP contribution >= 0.6 is 0 Å². The van der Waals surface area contributed by atoms with Crippen LogP contribution < -0.4 is 11.2 Å². The SMILES string of the molecule is C=CCN(NCCC)C(=O)CCN. The van der Waals surface area contributed by atoms with E-state index >= 15 is 0 Å². The Balaban J connectivity index is 3.90. The molecule has 0 heterocycles. The standard InChI is InChI=1S/C9H19N3O/c1-3-7-11-12(8-4-2)9(13)5-6-10/h4,11H,2-3,5-8,10H2,1H3. The fourth-order valence-corrected chi connectivity index (χ4v) is 0.889. The van der Waals surface area contributed by atoms with E-state index in [1.165, 1.54) is 0 Å². The minimum atomic E-state index is 0.0239. The summed E-state index contributed by atoms with van der Waals surface area (Å²) in [6.07, 6.45) is 3.06. The van der Waals surface area contributed by atoms with Crippen molar-refractivity contribution in [3.8, 4) is 0 Å². The monoisotopic (exact) mass is 185 g/mol. The van der Waals surface area contributed by atoms with Crippen LogP contribution in [0, 0.1) is 0 Å². The zero-order chi connectivity index (χ0) is 10.1. The first kappa shape index (κ1) is 12.1. The molecule has 0 aromatic heterocycles. The number of amides is 1. The topological polar surface area (TPSA) is 58.4 Å². The molecule has 0 saturated heterocycles. The van der Waals surface area contributed by atoms with Crippen LogP contribution in [0.1, 0.15) is 19.8 Å². The molecule has 0 aliphatic heterocycles. The van der Waals surface area contributed by atoms with Gasteiger partial charge < -0.3 is 5.73 Å². The molecular formula is C9H19N3O. The van der Waals surface area contributed by atoms with Gasteiger partial charge in [0, 0.05) is 19.5 Å². The highest BCUT2D eigenvalue weighted by Gasteiger charge is 2.09. The molecule has 0 saturated carbocycles. The van der Waals surface area contributed by atoms with E-state index in [0.29, 0.717) is 19.5 Å². The van der Waals surface area contributed by atoms with Gasteiger partial charge in [-0.3, -0.25) is 9.80 Å². The maximum atomic E-state index is 11.4. The first-order chi connectivity index (χ1) is 6.26. The second-order valence-electron chi connectivity index (χ2n) is 2.74.